The number of hydrogen-bond acceptors (Lipinski definition) is 4. The molecule has 1 saturated heterocycles. The second-order valence-corrected chi connectivity index (χ2v) is 5.23. The van der Waals surface area contributed by atoms with Crippen LogP contribution >= 0.6 is 0 Å². The summed E-state index contributed by atoms with van der Waals surface area (Å²) in [4.78, 5) is 14.6. The van der Waals surface area contributed by atoms with E-state index in [2.05, 4.69) is 22.5 Å². The van der Waals surface area contributed by atoms with Gasteiger partial charge in [0.05, 0.1) is 18.3 Å². The van der Waals surface area contributed by atoms with Crippen LogP contribution in [0.5, 0.6) is 0 Å². The largest absolute Gasteiger partial charge is 0.387 e. The second kappa shape index (κ2) is 8.00. The molecule has 0 saturated carbocycles. The summed E-state index contributed by atoms with van der Waals surface area (Å²) in [6.07, 6.45) is 1.07. The Hall–Kier alpha value is -1.59. The lowest BCUT2D eigenvalue weighted by atomic mass is 10.1. The van der Waals surface area contributed by atoms with E-state index in [1.807, 2.05) is 31.3 Å². The minimum Gasteiger partial charge on any atom is -0.387 e. The van der Waals surface area contributed by atoms with Crippen molar-refractivity contribution in [2.75, 3.05) is 45.2 Å². The third-order valence-electron chi connectivity index (χ3n) is 3.86. The Balaban J connectivity index is 1.79. The number of para-hydroxylation sites is 1. The summed E-state index contributed by atoms with van der Waals surface area (Å²) >= 11 is 0. The number of carbonyl (C=O) groups is 1. The van der Waals surface area contributed by atoms with E-state index in [1.165, 1.54) is 0 Å². The number of hydrogen-bond donors (Lipinski definition) is 2. The predicted octanol–water partition coefficient (Wildman–Crippen LogP) is 1.57. The van der Waals surface area contributed by atoms with Crippen molar-refractivity contribution >= 4 is 11.6 Å². The monoisotopic (exact) mass is 291 g/mol. The van der Waals surface area contributed by atoms with Gasteiger partial charge in [0, 0.05) is 32.4 Å². The average molecular weight is 291 g/mol. The molecular weight excluding hydrogens is 266 g/mol. The van der Waals surface area contributed by atoms with Crippen LogP contribution in [0.15, 0.2) is 24.3 Å². The zero-order valence-corrected chi connectivity index (χ0v) is 12.9. The van der Waals surface area contributed by atoms with Gasteiger partial charge in [0.2, 0.25) is 0 Å². The van der Waals surface area contributed by atoms with Gasteiger partial charge in [-0.3, -0.25) is 9.69 Å². The van der Waals surface area contributed by atoms with Crippen LogP contribution < -0.4 is 10.6 Å². The van der Waals surface area contributed by atoms with Gasteiger partial charge in [0.15, 0.2) is 0 Å². The molecule has 1 aliphatic rings. The summed E-state index contributed by atoms with van der Waals surface area (Å²) in [7, 11) is 1.82. The number of benzene rings is 1. The first-order valence-electron chi connectivity index (χ1n) is 7.63. The van der Waals surface area contributed by atoms with E-state index in [9.17, 15) is 4.79 Å². The maximum absolute atomic E-state index is 12.2. The van der Waals surface area contributed by atoms with Crippen molar-refractivity contribution in [2.24, 2.45) is 0 Å². The van der Waals surface area contributed by atoms with Crippen LogP contribution in [-0.2, 0) is 4.74 Å². The Bertz CT molecular complexity index is 465. The molecule has 1 heterocycles. The highest BCUT2D eigenvalue weighted by atomic mass is 16.5. The molecule has 1 aromatic carbocycles. The van der Waals surface area contributed by atoms with Gasteiger partial charge in [-0.05, 0) is 25.1 Å². The Morgan fingerprint density at radius 3 is 3.00 bits per heavy atom. The highest BCUT2D eigenvalue weighted by Gasteiger charge is 2.19. The third kappa shape index (κ3) is 4.44. The highest BCUT2D eigenvalue weighted by Crippen LogP contribution is 2.14. The van der Waals surface area contributed by atoms with Crippen LogP contribution in [-0.4, -0.2) is 56.7 Å². The summed E-state index contributed by atoms with van der Waals surface area (Å²) in [5, 5.41) is 6.01. The van der Waals surface area contributed by atoms with E-state index in [0.717, 1.165) is 38.3 Å². The normalized spacial score (nSPS) is 19.2. The van der Waals surface area contributed by atoms with Crippen LogP contribution in [0.4, 0.5) is 5.69 Å². The number of anilines is 1. The summed E-state index contributed by atoms with van der Waals surface area (Å²) < 4.78 is 5.74. The molecular formula is C16H25N3O2. The molecule has 0 radical (unpaired) electrons. The molecule has 1 aromatic rings. The first-order valence-corrected chi connectivity index (χ1v) is 7.63. The molecule has 1 aliphatic heterocycles. The minimum absolute atomic E-state index is 0.0388. The third-order valence-corrected chi connectivity index (χ3v) is 3.86. The zero-order valence-electron chi connectivity index (χ0n) is 12.9. The number of nitrogens with one attached hydrogen (secondary N) is 2. The van der Waals surface area contributed by atoms with Crippen molar-refractivity contribution in [1.82, 2.24) is 10.2 Å². The van der Waals surface area contributed by atoms with Crippen molar-refractivity contribution in [3.63, 3.8) is 0 Å². The maximum atomic E-state index is 12.2. The SMILES string of the molecule is CCN1CCOC(CCNC(=O)c2ccccc2NC)C1. The molecule has 2 rings (SSSR count). The molecule has 0 bridgehead atoms. The Labute approximate surface area is 126 Å². The van der Waals surface area contributed by atoms with Gasteiger partial charge in [-0.1, -0.05) is 19.1 Å². The number of rotatable bonds is 6. The first-order chi connectivity index (χ1) is 10.2. The first kappa shape index (κ1) is 15.8. The van der Waals surface area contributed by atoms with Crippen molar-refractivity contribution in [2.45, 2.75) is 19.4 Å². The molecule has 1 amide bonds. The van der Waals surface area contributed by atoms with Gasteiger partial charge in [0.1, 0.15) is 0 Å². The van der Waals surface area contributed by atoms with Gasteiger partial charge in [0.25, 0.3) is 5.91 Å². The zero-order chi connectivity index (χ0) is 15.1. The van der Waals surface area contributed by atoms with Gasteiger partial charge < -0.3 is 15.4 Å². The fraction of sp³-hybridized carbons (Fsp3) is 0.562. The molecule has 5 heteroatoms. The summed E-state index contributed by atoms with van der Waals surface area (Å²) in [5.74, 6) is -0.0388. The number of carbonyl (C=O) groups excluding carboxylic acids is 1. The number of nitrogens with zero attached hydrogens (tertiary/aromatic N) is 1. The summed E-state index contributed by atoms with van der Waals surface area (Å²) in [6.45, 7) is 6.61. The molecule has 2 N–H and O–H groups in total. The van der Waals surface area contributed by atoms with Crippen molar-refractivity contribution < 1.29 is 9.53 Å². The average Bonchev–Trinajstić information content (AvgIpc) is 2.55. The molecule has 0 aliphatic carbocycles. The van der Waals surface area contributed by atoms with Crippen molar-refractivity contribution in [3.05, 3.63) is 29.8 Å². The quantitative estimate of drug-likeness (QED) is 0.835. The van der Waals surface area contributed by atoms with Crippen LogP contribution in [0.1, 0.15) is 23.7 Å². The fourth-order valence-corrected chi connectivity index (χ4v) is 2.58. The molecule has 1 atom stereocenters. The number of amides is 1. The van der Waals surface area contributed by atoms with Crippen molar-refractivity contribution in [1.29, 1.82) is 0 Å². The van der Waals surface area contributed by atoms with E-state index < -0.39 is 0 Å². The Morgan fingerprint density at radius 2 is 2.24 bits per heavy atom. The fourth-order valence-electron chi connectivity index (χ4n) is 2.58. The lowest BCUT2D eigenvalue weighted by Gasteiger charge is -2.32. The van der Waals surface area contributed by atoms with Crippen LogP contribution in [0.2, 0.25) is 0 Å². The lowest BCUT2D eigenvalue weighted by Crippen LogP contribution is -2.43. The lowest BCUT2D eigenvalue weighted by molar-refractivity contribution is -0.0296. The van der Waals surface area contributed by atoms with E-state index >= 15 is 0 Å². The van der Waals surface area contributed by atoms with Crippen LogP contribution in [0.3, 0.4) is 0 Å². The van der Waals surface area contributed by atoms with Crippen LogP contribution in [0, 0.1) is 0 Å². The smallest absolute Gasteiger partial charge is 0.253 e. The second-order valence-electron chi connectivity index (χ2n) is 5.23. The standard InChI is InChI=1S/C16H25N3O2/c1-3-19-10-11-21-13(12-19)8-9-18-16(20)14-6-4-5-7-15(14)17-2/h4-7,13,17H,3,8-12H2,1-2H3,(H,18,20). The highest BCUT2D eigenvalue weighted by molar-refractivity contribution is 5.99. The van der Waals surface area contributed by atoms with Crippen molar-refractivity contribution in [3.8, 4) is 0 Å². The summed E-state index contributed by atoms with van der Waals surface area (Å²) in [5.41, 5.74) is 1.53. The Kier molecular flexibility index (Phi) is 6.02. The molecule has 1 fully saturated rings. The molecule has 0 aromatic heterocycles. The molecule has 5 nitrogen and oxygen atoms in total. The van der Waals surface area contributed by atoms with E-state index in [4.69, 9.17) is 4.74 Å². The number of ether oxygens (including phenoxy) is 1. The van der Waals surface area contributed by atoms with Gasteiger partial charge >= 0.3 is 0 Å². The van der Waals surface area contributed by atoms with Gasteiger partial charge in [-0.15, -0.1) is 0 Å². The molecule has 116 valence electrons. The minimum atomic E-state index is -0.0388. The number of likely N-dealkylation sites (N-methyl/N-ethyl adjacent to an activating group) is 1. The van der Waals surface area contributed by atoms with Gasteiger partial charge in [-0.2, -0.15) is 0 Å². The molecule has 0 spiro atoms. The Morgan fingerprint density at radius 1 is 1.43 bits per heavy atom. The topological polar surface area (TPSA) is 53.6 Å². The van der Waals surface area contributed by atoms with E-state index in [-0.39, 0.29) is 12.0 Å². The van der Waals surface area contributed by atoms with Gasteiger partial charge in [-0.25, -0.2) is 0 Å². The van der Waals surface area contributed by atoms with Crippen LogP contribution in [0.25, 0.3) is 0 Å². The summed E-state index contributed by atoms with van der Waals surface area (Å²) in [6, 6.07) is 7.52. The molecule has 1 unspecified atom stereocenters. The van der Waals surface area contributed by atoms with E-state index in [0.29, 0.717) is 12.1 Å². The maximum Gasteiger partial charge on any atom is 0.253 e. The predicted molar refractivity (Wildman–Crippen MR) is 84.8 cm³/mol. The molecule has 21 heavy (non-hydrogen) atoms. The van der Waals surface area contributed by atoms with E-state index in [1.54, 1.807) is 0 Å². The number of morpholine rings is 1.